The number of hydrogen-bond acceptors (Lipinski definition) is 2. The lowest BCUT2D eigenvalue weighted by Gasteiger charge is -2.45. The highest BCUT2D eigenvalue weighted by Crippen LogP contribution is 2.37. The summed E-state index contributed by atoms with van der Waals surface area (Å²) in [5.41, 5.74) is 0. The zero-order valence-electron chi connectivity index (χ0n) is 13.0. The number of fused-ring (bicyclic) bond motifs is 2. The number of rotatable bonds is 2. The Hall–Kier alpha value is -0.0800. The van der Waals surface area contributed by atoms with E-state index in [2.05, 4.69) is 10.2 Å². The number of nitrogens with one attached hydrogen (secondary N) is 1. The van der Waals surface area contributed by atoms with E-state index in [1.165, 1.54) is 83.7 Å². The summed E-state index contributed by atoms with van der Waals surface area (Å²) in [5.74, 6) is 2.06. The molecule has 2 aliphatic heterocycles. The molecule has 0 spiro atoms. The van der Waals surface area contributed by atoms with E-state index in [1.807, 2.05) is 0 Å². The lowest BCUT2D eigenvalue weighted by Crippen LogP contribution is -2.51. The van der Waals surface area contributed by atoms with Gasteiger partial charge in [0.15, 0.2) is 0 Å². The Morgan fingerprint density at radius 2 is 1.55 bits per heavy atom. The van der Waals surface area contributed by atoms with Gasteiger partial charge in [0.1, 0.15) is 0 Å². The van der Waals surface area contributed by atoms with Crippen molar-refractivity contribution >= 4 is 0 Å². The smallest absolute Gasteiger partial charge is 0.0201 e. The average Bonchev–Trinajstić information content (AvgIpc) is 2.90. The first-order valence-electron chi connectivity index (χ1n) is 9.40. The molecule has 0 amide bonds. The summed E-state index contributed by atoms with van der Waals surface area (Å²) < 4.78 is 0. The fourth-order valence-corrected chi connectivity index (χ4v) is 5.81. The molecule has 0 radical (unpaired) electrons. The van der Waals surface area contributed by atoms with Gasteiger partial charge in [0, 0.05) is 24.7 Å². The fraction of sp³-hybridized carbons (Fsp3) is 1.00. The van der Waals surface area contributed by atoms with Crippen LogP contribution in [-0.4, -0.2) is 36.1 Å². The van der Waals surface area contributed by atoms with E-state index in [-0.39, 0.29) is 0 Å². The van der Waals surface area contributed by atoms with Crippen LogP contribution >= 0.6 is 0 Å². The molecule has 0 bridgehead atoms. The van der Waals surface area contributed by atoms with Crippen molar-refractivity contribution in [3.63, 3.8) is 0 Å². The Balaban J connectivity index is 1.36. The minimum absolute atomic E-state index is 0.809. The third kappa shape index (κ3) is 2.66. The van der Waals surface area contributed by atoms with Gasteiger partial charge in [-0.05, 0) is 63.3 Å². The summed E-state index contributed by atoms with van der Waals surface area (Å²) in [7, 11) is 0. The molecule has 3 unspecified atom stereocenters. The van der Waals surface area contributed by atoms with Gasteiger partial charge in [0.25, 0.3) is 0 Å². The van der Waals surface area contributed by atoms with Crippen LogP contribution in [0.5, 0.6) is 0 Å². The SMILES string of the molecule is C1CCC2NC(CN3CCC[C@H]4CCCC[C@H]43)CC2C1. The summed E-state index contributed by atoms with van der Waals surface area (Å²) in [6.45, 7) is 2.74. The molecule has 0 aromatic rings. The third-order valence-corrected chi connectivity index (χ3v) is 6.76. The predicted molar refractivity (Wildman–Crippen MR) is 83.8 cm³/mol. The van der Waals surface area contributed by atoms with Crippen LogP contribution in [-0.2, 0) is 0 Å². The van der Waals surface area contributed by atoms with E-state index >= 15 is 0 Å². The number of likely N-dealkylation sites (tertiary alicyclic amines) is 1. The Kier molecular flexibility index (Phi) is 4.05. The van der Waals surface area contributed by atoms with Gasteiger partial charge in [-0.1, -0.05) is 25.7 Å². The molecule has 2 saturated carbocycles. The predicted octanol–water partition coefficient (Wildman–Crippen LogP) is 3.56. The van der Waals surface area contributed by atoms with E-state index in [0.29, 0.717) is 0 Å². The fourth-order valence-electron chi connectivity index (χ4n) is 5.81. The lowest BCUT2D eigenvalue weighted by atomic mass is 9.78. The normalized spacial score (nSPS) is 45.9. The van der Waals surface area contributed by atoms with Gasteiger partial charge >= 0.3 is 0 Å². The molecule has 0 aromatic heterocycles. The van der Waals surface area contributed by atoms with Crippen LogP contribution in [0.25, 0.3) is 0 Å². The summed E-state index contributed by atoms with van der Waals surface area (Å²) in [5, 5.41) is 3.99. The third-order valence-electron chi connectivity index (χ3n) is 6.76. The van der Waals surface area contributed by atoms with Gasteiger partial charge in [0.2, 0.25) is 0 Å². The van der Waals surface area contributed by atoms with E-state index in [0.717, 1.165) is 30.0 Å². The molecule has 2 heteroatoms. The molecular weight excluding hydrogens is 244 g/mol. The molecule has 20 heavy (non-hydrogen) atoms. The van der Waals surface area contributed by atoms with Crippen molar-refractivity contribution in [2.45, 2.75) is 88.8 Å². The van der Waals surface area contributed by atoms with Crippen LogP contribution in [0, 0.1) is 11.8 Å². The standard InChI is InChI=1S/C18H32N2/c1-3-9-17-15(7-1)12-16(19-17)13-20-11-5-8-14-6-2-4-10-18(14)20/h14-19H,1-13H2/t14-,15?,16?,17?,18-/m1/s1. The topological polar surface area (TPSA) is 15.3 Å². The maximum absolute atomic E-state index is 3.99. The highest BCUT2D eigenvalue weighted by atomic mass is 15.2. The van der Waals surface area contributed by atoms with Crippen LogP contribution in [0.15, 0.2) is 0 Å². The van der Waals surface area contributed by atoms with Crippen molar-refractivity contribution in [1.29, 1.82) is 0 Å². The molecular formula is C18H32N2. The van der Waals surface area contributed by atoms with E-state index in [1.54, 1.807) is 0 Å². The monoisotopic (exact) mass is 276 g/mol. The van der Waals surface area contributed by atoms with Gasteiger partial charge in [0.05, 0.1) is 0 Å². The zero-order chi connectivity index (χ0) is 13.4. The van der Waals surface area contributed by atoms with Crippen molar-refractivity contribution in [3.05, 3.63) is 0 Å². The molecule has 0 aromatic carbocycles. The molecule has 5 atom stereocenters. The maximum Gasteiger partial charge on any atom is 0.0201 e. The molecule has 2 heterocycles. The van der Waals surface area contributed by atoms with E-state index in [9.17, 15) is 0 Å². The number of nitrogens with zero attached hydrogens (tertiary/aromatic N) is 1. The highest BCUT2D eigenvalue weighted by molar-refractivity contribution is 4.96. The molecule has 4 aliphatic rings. The molecule has 2 saturated heterocycles. The molecule has 114 valence electrons. The van der Waals surface area contributed by atoms with Crippen LogP contribution in [0.4, 0.5) is 0 Å². The first-order chi connectivity index (χ1) is 9.90. The van der Waals surface area contributed by atoms with Gasteiger partial charge < -0.3 is 5.32 Å². The van der Waals surface area contributed by atoms with E-state index in [4.69, 9.17) is 0 Å². The molecule has 1 N–H and O–H groups in total. The van der Waals surface area contributed by atoms with Gasteiger partial charge in [-0.2, -0.15) is 0 Å². The minimum Gasteiger partial charge on any atom is -0.310 e. The average molecular weight is 276 g/mol. The van der Waals surface area contributed by atoms with Gasteiger partial charge in [-0.15, -0.1) is 0 Å². The Labute approximate surface area is 124 Å². The summed E-state index contributed by atoms with van der Waals surface area (Å²) >= 11 is 0. The highest BCUT2D eigenvalue weighted by Gasteiger charge is 2.38. The number of piperidine rings is 1. The molecule has 2 aliphatic carbocycles. The molecule has 4 rings (SSSR count). The second-order valence-corrected chi connectivity index (χ2v) is 8.00. The lowest BCUT2D eigenvalue weighted by molar-refractivity contribution is 0.0541. The summed E-state index contributed by atoms with van der Waals surface area (Å²) in [6.07, 6.45) is 16.4. The maximum atomic E-state index is 3.99. The Bertz CT molecular complexity index is 313. The second kappa shape index (κ2) is 5.96. The van der Waals surface area contributed by atoms with Crippen LogP contribution in [0.2, 0.25) is 0 Å². The molecule has 4 fully saturated rings. The van der Waals surface area contributed by atoms with Crippen LogP contribution < -0.4 is 5.32 Å². The molecule has 2 nitrogen and oxygen atoms in total. The van der Waals surface area contributed by atoms with Gasteiger partial charge in [-0.25, -0.2) is 0 Å². The zero-order valence-corrected chi connectivity index (χ0v) is 13.0. The summed E-state index contributed by atoms with van der Waals surface area (Å²) in [6, 6.07) is 2.63. The summed E-state index contributed by atoms with van der Waals surface area (Å²) in [4.78, 5) is 2.89. The van der Waals surface area contributed by atoms with Crippen molar-refractivity contribution in [2.24, 2.45) is 11.8 Å². The van der Waals surface area contributed by atoms with E-state index < -0.39 is 0 Å². The Morgan fingerprint density at radius 1 is 0.800 bits per heavy atom. The second-order valence-electron chi connectivity index (χ2n) is 8.00. The van der Waals surface area contributed by atoms with Crippen LogP contribution in [0.3, 0.4) is 0 Å². The van der Waals surface area contributed by atoms with Crippen molar-refractivity contribution in [2.75, 3.05) is 13.1 Å². The minimum atomic E-state index is 0.809. The van der Waals surface area contributed by atoms with Crippen LogP contribution in [0.1, 0.15) is 70.6 Å². The first kappa shape index (κ1) is 13.6. The largest absolute Gasteiger partial charge is 0.310 e. The Morgan fingerprint density at radius 3 is 2.45 bits per heavy atom. The van der Waals surface area contributed by atoms with Crippen molar-refractivity contribution in [3.8, 4) is 0 Å². The van der Waals surface area contributed by atoms with Crippen molar-refractivity contribution in [1.82, 2.24) is 10.2 Å². The van der Waals surface area contributed by atoms with Gasteiger partial charge in [-0.3, -0.25) is 4.90 Å². The number of hydrogen-bond donors (Lipinski definition) is 1. The van der Waals surface area contributed by atoms with Crippen molar-refractivity contribution < 1.29 is 0 Å². The quantitative estimate of drug-likeness (QED) is 0.829. The first-order valence-corrected chi connectivity index (χ1v) is 9.40.